The van der Waals surface area contributed by atoms with Crippen molar-refractivity contribution in [2.45, 2.75) is 26.2 Å². The van der Waals surface area contributed by atoms with Crippen molar-refractivity contribution in [1.29, 1.82) is 0 Å². The van der Waals surface area contributed by atoms with Gasteiger partial charge in [0.15, 0.2) is 6.10 Å². The Hall–Kier alpha value is -1.10. The molecule has 0 saturated carbocycles. The maximum Gasteiger partial charge on any atom is 0.305 e. The molecule has 2 unspecified atom stereocenters. The molecule has 0 N–H and O–H groups in total. The van der Waals surface area contributed by atoms with Crippen LogP contribution in [0.15, 0.2) is 0 Å². The molecule has 1 fully saturated rings. The Morgan fingerprint density at radius 1 is 1.25 bits per heavy atom. The zero-order chi connectivity index (χ0) is 9.14. The molecule has 0 bridgehead atoms. The van der Waals surface area contributed by atoms with E-state index in [-0.39, 0.29) is 6.61 Å². The first-order valence-electron chi connectivity index (χ1n) is 3.55. The fourth-order valence-electron chi connectivity index (χ4n) is 0.830. The molecule has 1 rings (SSSR count). The maximum atomic E-state index is 10.5. The van der Waals surface area contributed by atoms with Crippen LogP contribution in [0.1, 0.15) is 13.8 Å². The zero-order valence-corrected chi connectivity index (χ0v) is 6.90. The minimum Gasteiger partial charge on any atom is -0.453 e. The van der Waals surface area contributed by atoms with Crippen LogP contribution in [0.3, 0.4) is 0 Å². The molecule has 0 aromatic carbocycles. The van der Waals surface area contributed by atoms with E-state index < -0.39 is 24.3 Å². The van der Waals surface area contributed by atoms with Gasteiger partial charge in [-0.3, -0.25) is 9.59 Å². The Labute approximate surface area is 69.6 Å². The third kappa shape index (κ3) is 2.20. The van der Waals surface area contributed by atoms with Gasteiger partial charge in [0, 0.05) is 13.8 Å². The second-order valence-electron chi connectivity index (χ2n) is 2.46. The number of carbonyl (C=O) groups excluding carboxylic acids is 2. The quantitative estimate of drug-likeness (QED) is 0.544. The highest BCUT2D eigenvalue weighted by molar-refractivity contribution is 5.67. The van der Waals surface area contributed by atoms with E-state index in [1.807, 2.05) is 0 Å². The van der Waals surface area contributed by atoms with E-state index in [2.05, 4.69) is 4.74 Å². The highest BCUT2D eigenvalue weighted by Crippen LogP contribution is 2.17. The highest BCUT2D eigenvalue weighted by Gasteiger charge is 2.37. The molecule has 0 aliphatic carbocycles. The Morgan fingerprint density at radius 3 is 2.17 bits per heavy atom. The zero-order valence-electron chi connectivity index (χ0n) is 6.90. The molecule has 2 atom stereocenters. The second-order valence-corrected chi connectivity index (χ2v) is 2.46. The van der Waals surface area contributed by atoms with Crippen molar-refractivity contribution in [2.75, 3.05) is 6.61 Å². The molecule has 1 aliphatic rings. The van der Waals surface area contributed by atoms with E-state index in [9.17, 15) is 9.59 Å². The van der Waals surface area contributed by atoms with Crippen molar-refractivity contribution in [1.82, 2.24) is 0 Å². The van der Waals surface area contributed by atoms with Crippen LogP contribution in [-0.2, 0) is 23.8 Å². The third-order valence-corrected chi connectivity index (χ3v) is 1.33. The Balaban J connectivity index is 2.29. The summed E-state index contributed by atoms with van der Waals surface area (Å²) < 4.78 is 14.3. The molecule has 5 heteroatoms. The largest absolute Gasteiger partial charge is 0.453 e. The molecule has 0 aromatic heterocycles. The van der Waals surface area contributed by atoms with Gasteiger partial charge in [0.05, 0.1) is 6.61 Å². The molecule has 68 valence electrons. The van der Waals surface area contributed by atoms with Crippen molar-refractivity contribution >= 4 is 11.9 Å². The molecule has 5 nitrogen and oxygen atoms in total. The Bertz CT molecular complexity index is 178. The summed E-state index contributed by atoms with van der Waals surface area (Å²) in [5, 5.41) is 0. The van der Waals surface area contributed by atoms with E-state index in [0.29, 0.717) is 0 Å². The SMILES string of the molecule is CC(=O)OC1COC1OC(C)=O. The van der Waals surface area contributed by atoms with Crippen LogP contribution < -0.4 is 0 Å². The van der Waals surface area contributed by atoms with Crippen LogP contribution in [0.4, 0.5) is 0 Å². The minimum absolute atomic E-state index is 0.289. The van der Waals surface area contributed by atoms with Gasteiger partial charge in [-0.15, -0.1) is 0 Å². The standard InChI is InChI=1S/C7H10O5/c1-4(8)11-6-3-10-7(6)12-5(2)9/h6-7H,3H2,1-2H3. The molecule has 1 heterocycles. The van der Waals surface area contributed by atoms with Crippen LogP contribution in [-0.4, -0.2) is 30.9 Å². The van der Waals surface area contributed by atoms with Gasteiger partial charge < -0.3 is 14.2 Å². The number of hydrogen-bond acceptors (Lipinski definition) is 5. The van der Waals surface area contributed by atoms with Crippen LogP contribution in [0.25, 0.3) is 0 Å². The molecule has 0 radical (unpaired) electrons. The van der Waals surface area contributed by atoms with Gasteiger partial charge in [0.1, 0.15) is 0 Å². The van der Waals surface area contributed by atoms with E-state index >= 15 is 0 Å². The first-order valence-corrected chi connectivity index (χ1v) is 3.55. The van der Waals surface area contributed by atoms with Crippen LogP contribution >= 0.6 is 0 Å². The predicted molar refractivity (Wildman–Crippen MR) is 37.1 cm³/mol. The summed E-state index contributed by atoms with van der Waals surface area (Å²) in [7, 11) is 0. The second kappa shape index (κ2) is 3.53. The number of ether oxygens (including phenoxy) is 3. The lowest BCUT2D eigenvalue weighted by Crippen LogP contribution is -2.49. The molecule has 12 heavy (non-hydrogen) atoms. The predicted octanol–water partition coefficient (Wildman–Crippen LogP) is -0.163. The van der Waals surface area contributed by atoms with Gasteiger partial charge in [-0.1, -0.05) is 0 Å². The fraction of sp³-hybridized carbons (Fsp3) is 0.714. The molecule has 1 aliphatic heterocycles. The molecule has 0 aromatic rings. The normalized spacial score (nSPS) is 27.2. The number of carbonyl (C=O) groups is 2. The highest BCUT2D eigenvalue weighted by atomic mass is 16.8. The summed E-state index contributed by atoms with van der Waals surface area (Å²) in [4.78, 5) is 20.9. The van der Waals surface area contributed by atoms with Crippen molar-refractivity contribution in [3.8, 4) is 0 Å². The van der Waals surface area contributed by atoms with Crippen molar-refractivity contribution < 1.29 is 23.8 Å². The minimum atomic E-state index is -0.716. The summed E-state index contributed by atoms with van der Waals surface area (Å²) in [6, 6.07) is 0. The summed E-state index contributed by atoms with van der Waals surface area (Å²) in [6.07, 6.45) is -1.15. The van der Waals surface area contributed by atoms with Crippen molar-refractivity contribution in [2.24, 2.45) is 0 Å². The molecule has 1 saturated heterocycles. The van der Waals surface area contributed by atoms with Gasteiger partial charge in [-0.2, -0.15) is 0 Å². The number of hydrogen-bond donors (Lipinski definition) is 0. The first kappa shape index (κ1) is 8.99. The smallest absolute Gasteiger partial charge is 0.305 e. The lowest BCUT2D eigenvalue weighted by atomic mass is 10.3. The molecular formula is C7H10O5. The summed E-state index contributed by atoms with van der Waals surface area (Å²) in [6.45, 7) is 2.85. The van der Waals surface area contributed by atoms with Gasteiger partial charge in [-0.05, 0) is 0 Å². The van der Waals surface area contributed by atoms with Gasteiger partial charge in [0.25, 0.3) is 0 Å². The topological polar surface area (TPSA) is 61.8 Å². The lowest BCUT2D eigenvalue weighted by Gasteiger charge is -2.34. The molecule has 0 amide bonds. The average molecular weight is 174 g/mol. The molecule has 0 spiro atoms. The third-order valence-electron chi connectivity index (χ3n) is 1.33. The summed E-state index contributed by atoms with van der Waals surface area (Å²) in [5.74, 6) is -0.850. The van der Waals surface area contributed by atoms with Gasteiger partial charge in [-0.25, -0.2) is 0 Å². The van der Waals surface area contributed by atoms with Gasteiger partial charge in [0.2, 0.25) is 6.29 Å². The van der Waals surface area contributed by atoms with E-state index in [4.69, 9.17) is 9.47 Å². The lowest BCUT2D eigenvalue weighted by molar-refractivity contribution is -0.276. The first-order chi connectivity index (χ1) is 5.59. The van der Waals surface area contributed by atoms with Crippen LogP contribution in [0, 0.1) is 0 Å². The van der Waals surface area contributed by atoms with Crippen LogP contribution in [0.5, 0.6) is 0 Å². The Morgan fingerprint density at radius 2 is 1.83 bits per heavy atom. The number of rotatable bonds is 2. The van der Waals surface area contributed by atoms with Gasteiger partial charge >= 0.3 is 11.9 Å². The average Bonchev–Trinajstić information content (AvgIpc) is 1.93. The molecular weight excluding hydrogens is 164 g/mol. The van der Waals surface area contributed by atoms with Crippen molar-refractivity contribution in [3.63, 3.8) is 0 Å². The van der Waals surface area contributed by atoms with E-state index in [1.54, 1.807) is 0 Å². The van der Waals surface area contributed by atoms with E-state index in [1.165, 1.54) is 13.8 Å². The maximum absolute atomic E-state index is 10.5. The number of esters is 2. The van der Waals surface area contributed by atoms with Crippen LogP contribution in [0.2, 0.25) is 0 Å². The fourth-order valence-corrected chi connectivity index (χ4v) is 0.830. The summed E-state index contributed by atoms with van der Waals surface area (Å²) in [5.41, 5.74) is 0. The Kier molecular flexibility index (Phi) is 2.65. The van der Waals surface area contributed by atoms with E-state index in [0.717, 1.165) is 0 Å². The van der Waals surface area contributed by atoms with Crippen molar-refractivity contribution in [3.05, 3.63) is 0 Å². The summed E-state index contributed by atoms with van der Waals surface area (Å²) >= 11 is 0. The monoisotopic (exact) mass is 174 g/mol.